The summed E-state index contributed by atoms with van der Waals surface area (Å²) in [6.45, 7) is 4.69. The Balaban J connectivity index is 1.89. The second-order valence-corrected chi connectivity index (χ2v) is 8.54. The van der Waals surface area contributed by atoms with Crippen LogP contribution in [0.1, 0.15) is 24.5 Å². The molecule has 0 saturated carbocycles. The lowest BCUT2D eigenvalue weighted by molar-refractivity contribution is -0.119. The number of sulfonamides is 1. The number of hydrogen-bond acceptors (Lipinski definition) is 4. The molecule has 1 amide bonds. The predicted octanol–water partition coefficient (Wildman–Crippen LogP) is 2.91. The fraction of sp³-hybridized carbons (Fsp3) is 0.381. The monoisotopic (exact) mass is 404 g/mol. The standard InChI is InChI=1S/C21H28N2O4S/c1-4-27-20-13-11-19(12-14-20)23(28(3,25)26)16-21(24)22-15-5-6-18-9-7-17(2)8-10-18/h7-14H,4-6,15-16H2,1-3H3,(H,22,24). The van der Waals surface area contributed by atoms with E-state index in [1.165, 1.54) is 11.1 Å². The van der Waals surface area contributed by atoms with Gasteiger partial charge in [-0.05, 0) is 56.5 Å². The number of amides is 1. The maximum atomic E-state index is 12.3. The lowest BCUT2D eigenvalue weighted by atomic mass is 10.1. The minimum Gasteiger partial charge on any atom is -0.494 e. The summed E-state index contributed by atoms with van der Waals surface area (Å²) in [5.74, 6) is 0.323. The number of rotatable bonds is 10. The number of nitrogens with zero attached hydrogens (tertiary/aromatic N) is 1. The number of benzene rings is 2. The van der Waals surface area contributed by atoms with Gasteiger partial charge in [-0.25, -0.2) is 8.42 Å². The Hall–Kier alpha value is -2.54. The van der Waals surface area contributed by atoms with Crippen molar-refractivity contribution in [1.82, 2.24) is 5.32 Å². The molecule has 0 unspecified atom stereocenters. The quantitative estimate of drug-likeness (QED) is 0.618. The molecule has 6 nitrogen and oxygen atoms in total. The highest BCUT2D eigenvalue weighted by atomic mass is 32.2. The fourth-order valence-corrected chi connectivity index (χ4v) is 3.59. The summed E-state index contributed by atoms with van der Waals surface area (Å²) in [5, 5.41) is 2.80. The zero-order valence-electron chi connectivity index (χ0n) is 16.6. The van der Waals surface area contributed by atoms with Gasteiger partial charge in [0, 0.05) is 6.54 Å². The van der Waals surface area contributed by atoms with E-state index in [2.05, 4.69) is 29.6 Å². The number of hydrogen-bond donors (Lipinski definition) is 1. The molecule has 0 aliphatic rings. The summed E-state index contributed by atoms with van der Waals surface area (Å²) >= 11 is 0. The van der Waals surface area contributed by atoms with Crippen LogP contribution in [0.15, 0.2) is 48.5 Å². The Kier molecular flexibility index (Phi) is 7.87. The second-order valence-electron chi connectivity index (χ2n) is 6.64. The van der Waals surface area contributed by atoms with Crippen LogP contribution >= 0.6 is 0 Å². The molecule has 2 aromatic carbocycles. The minimum atomic E-state index is -3.58. The van der Waals surface area contributed by atoms with E-state index in [0.717, 1.165) is 23.4 Å². The zero-order chi connectivity index (χ0) is 20.6. The van der Waals surface area contributed by atoms with Crippen molar-refractivity contribution >= 4 is 21.6 Å². The van der Waals surface area contributed by atoms with Gasteiger partial charge in [0.05, 0.1) is 18.6 Å². The van der Waals surface area contributed by atoms with Crippen LogP contribution in [0.2, 0.25) is 0 Å². The van der Waals surface area contributed by atoms with Gasteiger partial charge >= 0.3 is 0 Å². The smallest absolute Gasteiger partial charge is 0.240 e. The highest BCUT2D eigenvalue weighted by Crippen LogP contribution is 2.21. The van der Waals surface area contributed by atoms with E-state index in [9.17, 15) is 13.2 Å². The number of aryl methyl sites for hydroxylation is 2. The normalized spacial score (nSPS) is 11.1. The molecule has 1 N–H and O–H groups in total. The summed E-state index contributed by atoms with van der Waals surface area (Å²) < 4.78 is 30.7. The van der Waals surface area contributed by atoms with E-state index in [1.807, 2.05) is 13.8 Å². The van der Waals surface area contributed by atoms with Crippen molar-refractivity contribution in [2.24, 2.45) is 0 Å². The second kappa shape index (κ2) is 10.1. The van der Waals surface area contributed by atoms with Gasteiger partial charge in [0.1, 0.15) is 12.3 Å². The fourth-order valence-electron chi connectivity index (χ4n) is 2.74. The molecular weight excluding hydrogens is 376 g/mol. The lowest BCUT2D eigenvalue weighted by Crippen LogP contribution is -2.40. The molecular formula is C21H28N2O4S. The maximum absolute atomic E-state index is 12.3. The third kappa shape index (κ3) is 6.88. The van der Waals surface area contributed by atoms with E-state index in [1.54, 1.807) is 24.3 Å². The van der Waals surface area contributed by atoms with Crippen molar-refractivity contribution in [3.8, 4) is 5.75 Å². The molecule has 2 rings (SSSR count). The van der Waals surface area contributed by atoms with Crippen molar-refractivity contribution in [3.63, 3.8) is 0 Å². The van der Waals surface area contributed by atoms with Crippen LogP contribution in [0.25, 0.3) is 0 Å². The van der Waals surface area contributed by atoms with E-state index < -0.39 is 10.0 Å². The average molecular weight is 405 g/mol. The average Bonchev–Trinajstić information content (AvgIpc) is 2.65. The topological polar surface area (TPSA) is 75.7 Å². The maximum Gasteiger partial charge on any atom is 0.240 e. The van der Waals surface area contributed by atoms with Crippen molar-refractivity contribution in [1.29, 1.82) is 0 Å². The van der Waals surface area contributed by atoms with Crippen molar-refractivity contribution < 1.29 is 17.9 Å². The number of anilines is 1. The number of ether oxygens (including phenoxy) is 1. The molecule has 0 spiro atoms. The summed E-state index contributed by atoms with van der Waals surface area (Å²) in [6, 6.07) is 14.9. The number of carbonyl (C=O) groups excluding carboxylic acids is 1. The molecule has 28 heavy (non-hydrogen) atoms. The Morgan fingerprint density at radius 2 is 1.71 bits per heavy atom. The van der Waals surface area contributed by atoms with E-state index in [0.29, 0.717) is 24.6 Å². The molecule has 0 heterocycles. The van der Waals surface area contributed by atoms with Crippen LogP contribution in [0.5, 0.6) is 5.75 Å². The molecule has 7 heteroatoms. The Morgan fingerprint density at radius 3 is 2.29 bits per heavy atom. The molecule has 0 saturated heterocycles. The van der Waals surface area contributed by atoms with Gasteiger partial charge in [-0.2, -0.15) is 0 Å². The van der Waals surface area contributed by atoms with Crippen LogP contribution in [-0.2, 0) is 21.2 Å². The molecule has 0 aromatic heterocycles. The molecule has 0 radical (unpaired) electrons. The predicted molar refractivity (Wildman–Crippen MR) is 112 cm³/mol. The summed E-state index contributed by atoms with van der Waals surface area (Å²) in [6.07, 6.45) is 2.74. The highest BCUT2D eigenvalue weighted by Gasteiger charge is 2.20. The van der Waals surface area contributed by atoms with Crippen LogP contribution in [0.3, 0.4) is 0 Å². The SMILES string of the molecule is CCOc1ccc(N(CC(=O)NCCCc2ccc(C)cc2)S(C)(=O)=O)cc1. The van der Waals surface area contributed by atoms with Crippen molar-refractivity contribution in [2.45, 2.75) is 26.7 Å². The van der Waals surface area contributed by atoms with E-state index in [4.69, 9.17) is 4.74 Å². The van der Waals surface area contributed by atoms with Crippen molar-refractivity contribution in [2.75, 3.05) is 30.3 Å². The highest BCUT2D eigenvalue weighted by molar-refractivity contribution is 7.92. The van der Waals surface area contributed by atoms with Crippen LogP contribution < -0.4 is 14.4 Å². The van der Waals surface area contributed by atoms with Gasteiger partial charge in [0.15, 0.2) is 0 Å². The summed E-state index contributed by atoms with van der Waals surface area (Å²) in [4.78, 5) is 12.3. The first-order valence-corrected chi connectivity index (χ1v) is 11.2. The Morgan fingerprint density at radius 1 is 1.07 bits per heavy atom. The third-order valence-corrected chi connectivity index (χ3v) is 5.35. The van der Waals surface area contributed by atoms with Gasteiger partial charge in [-0.15, -0.1) is 0 Å². The van der Waals surface area contributed by atoms with Gasteiger partial charge in [-0.3, -0.25) is 9.10 Å². The van der Waals surface area contributed by atoms with Crippen LogP contribution in [-0.4, -0.2) is 40.3 Å². The summed E-state index contributed by atoms with van der Waals surface area (Å²) in [5.41, 5.74) is 2.86. The molecule has 0 aliphatic heterocycles. The molecule has 152 valence electrons. The number of nitrogens with one attached hydrogen (secondary N) is 1. The van der Waals surface area contributed by atoms with Crippen LogP contribution in [0.4, 0.5) is 5.69 Å². The van der Waals surface area contributed by atoms with Gasteiger partial charge in [0.25, 0.3) is 0 Å². The first kappa shape index (κ1) is 21.8. The van der Waals surface area contributed by atoms with Gasteiger partial charge in [0.2, 0.25) is 15.9 Å². The van der Waals surface area contributed by atoms with Gasteiger partial charge < -0.3 is 10.1 Å². The Bertz CT molecular complexity index is 862. The van der Waals surface area contributed by atoms with Crippen molar-refractivity contribution in [3.05, 3.63) is 59.7 Å². The first-order valence-electron chi connectivity index (χ1n) is 9.32. The molecule has 0 aliphatic carbocycles. The third-order valence-electron chi connectivity index (χ3n) is 4.21. The zero-order valence-corrected chi connectivity index (χ0v) is 17.5. The summed E-state index contributed by atoms with van der Waals surface area (Å²) in [7, 11) is -3.58. The largest absolute Gasteiger partial charge is 0.494 e. The van der Waals surface area contributed by atoms with Gasteiger partial charge in [-0.1, -0.05) is 29.8 Å². The minimum absolute atomic E-state index is 0.253. The molecule has 0 fully saturated rings. The molecule has 2 aromatic rings. The van der Waals surface area contributed by atoms with E-state index in [-0.39, 0.29) is 12.5 Å². The van der Waals surface area contributed by atoms with E-state index >= 15 is 0 Å². The van der Waals surface area contributed by atoms with Crippen LogP contribution in [0, 0.1) is 6.92 Å². The lowest BCUT2D eigenvalue weighted by Gasteiger charge is -2.22. The first-order chi connectivity index (χ1) is 13.3. The Labute approximate surface area is 167 Å². The molecule has 0 bridgehead atoms. The molecule has 0 atom stereocenters. The number of carbonyl (C=O) groups is 1.